The van der Waals surface area contributed by atoms with Crippen LogP contribution in [0.25, 0.3) is 20.9 Å². The zero-order valence-corrected chi connectivity index (χ0v) is 21.3. The maximum Gasteiger partial charge on any atom is 0.355 e. The van der Waals surface area contributed by atoms with Crippen LogP contribution in [0.4, 0.5) is 0 Å². The SMILES string of the molecule is N#CC1=C(N)Oc2cc(OC(=O)c3sc4cc(Cl)ccc4c3Cl)ccc2C1c1cccc2ccccc12. The van der Waals surface area contributed by atoms with Gasteiger partial charge < -0.3 is 15.2 Å². The molecule has 0 spiro atoms. The Morgan fingerprint density at radius 1 is 0.973 bits per heavy atom. The van der Waals surface area contributed by atoms with Crippen LogP contribution in [0, 0.1) is 11.3 Å². The standard InChI is InChI=1S/C29H16Cl2N2O3S/c30-16-8-10-21-24(12-16)37-27(26(21)31)29(34)35-17-9-11-20-23(13-17)36-28(33)22(14-32)25(20)19-7-3-5-15-4-1-2-6-18(15)19/h1-13,25H,33H2. The van der Waals surface area contributed by atoms with Gasteiger partial charge in [-0.15, -0.1) is 11.3 Å². The van der Waals surface area contributed by atoms with Crippen LogP contribution in [0.2, 0.25) is 10.0 Å². The lowest BCUT2D eigenvalue weighted by atomic mass is 9.81. The second-order valence-electron chi connectivity index (χ2n) is 8.47. The van der Waals surface area contributed by atoms with Crippen molar-refractivity contribution in [3.63, 3.8) is 0 Å². The lowest BCUT2D eigenvalue weighted by Gasteiger charge is -2.27. The molecule has 1 aliphatic heterocycles. The van der Waals surface area contributed by atoms with Crippen molar-refractivity contribution in [2.24, 2.45) is 5.73 Å². The minimum absolute atomic E-state index is 0.0147. The topological polar surface area (TPSA) is 85.3 Å². The van der Waals surface area contributed by atoms with Crippen LogP contribution < -0.4 is 15.2 Å². The number of ether oxygens (including phenoxy) is 2. The fraction of sp³-hybridized carbons (Fsp3) is 0.0345. The van der Waals surface area contributed by atoms with E-state index >= 15 is 0 Å². The maximum atomic E-state index is 13.0. The Balaban J connectivity index is 1.39. The second-order valence-corrected chi connectivity index (χ2v) is 10.3. The van der Waals surface area contributed by atoms with Crippen molar-refractivity contribution in [1.29, 1.82) is 5.26 Å². The zero-order valence-electron chi connectivity index (χ0n) is 19.0. The van der Waals surface area contributed by atoms with Gasteiger partial charge in [-0.2, -0.15) is 5.26 Å². The van der Waals surface area contributed by atoms with Crippen molar-refractivity contribution < 1.29 is 14.3 Å². The molecule has 0 radical (unpaired) electrons. The number of allylic oxidation sites excluding steroid dienone is 1. The number of carbonyl (C=O) groups excluding carboxylic acids is 1. The maximum absolute atomic E-state index is 13.0. The summed E-state index contributed by atoms with van der Waals surface area (Å²) in [5, 5.41) is 13.6. The molecule has 0 fully saturated rings. The van der Waals surface area contributed by atoms with Gasteiger partial charge in [-0.25, -0.2) is 4.79 Å². The smallest absolute Gasteiger partial charge is 0.355 e. The van der Waals surface area contributed by atoms with E-state index in [2.05, 4.69) is 6.07 Å². The molecular weight excluding hydrogens is 527 g/mol. The molecule has 8 heteroatoms. The van der Waals surface area contributed by atoms with E-state index in [1.807, 2.05) is 42.5 Å². The highest BCUT2D eigenvalue weighted by atomic mass is 35.5. The van der Waals surface area contributed by atoms with E-state index < -0.39 is 11.9 Å². The van der Waals surface area contributed by atoms with Crippen LogP contribution in [0.5, 0.6) is 11.5 Å². The van der Waals surface area contributed by atoms with Crippen molar-refractivity contribution >= 4 is 61.4 Å². The monoisotopic (exact) mass is 542 g/mol. The average molecular weight is 543 g/mol. The summed E-state index contributed by atoms with van der Waals surface area (Å²) in [6, 6.07) is 26.5. The summed E-state index contributed by atoms with van der Waals surface area (Å²) in [5.41, 5.74) is 8.20. The lowest BCUT2D eigenvalue weighted by Crippen LogP contribution is -2.21. The number of benzene rings is 4. The Labute approximate surface area is 225 Å². The highest BCUT2D eigenvalue weighted by Gasteiger charge is 2.32. The number of fused-ring (bicyclic) bond motifs is 3. The van der Waals surface area contributed by atoms with E-state index in [0.29, 0.717) is 21.4 Å². The van der Waals surface area contributed by atoms with Gasteiger partial charge in [-0.05, 0) is 34.5 Å². The van der Waals surface area contributed by atoms with E-state index in [0.717, 1.165) is 32.0 Å². The molecule has 5 aromatic rings. The van der Waals surface area contributed by atoms with Crippen molar-refractivity contribution in [3.8, 4) is 17.6 Å². The molecule has 2 N–H and O–H groups in total. The molecule has 0 saturated carbocycles. The van der Waals surface area contributed by atoms with Crippen LogP contribution in [-0.2, 0) is 0 Å². The number of hydrogen-bond donors (Lipinski definition) is 1. The highest BCUT2D eigenvalue weighted by molar-refractivity contribution is 7.21. The van der Waals surface area contributed by atoms with E-state index in [4.69, 9.17) is 38.4 Å². The number of nitrogens with two attached hydrogens (primary N) is 1. The quantitative estimate of drug-likeness (QED) is 0.185. The van der Waals surface area contributed by atoms with Gasteiger partial charge in [0.25, 0.3) is 0 Å². The Morgan fingerprint density at radius 2 is 1.78 bits per heavy atom. The molecule has 1 atom stereocenters. The molecule has 1 aliphatic rings. The van der Waals surface area contributed by atoms with Crippen LogP contribution in [0.1, 0.15) is 26.7 Å². The van der Waals surface area contributed by atoms with Gasteiger partial charge in [0, 0.05) is 26.7 Å². The van der Waals surface area contributed by atoms with Crippen LogP contribution >= 0.6 is 34.5 Å². The first-order valence-corrected chi connectivity index (χ1v) is 12.8. The van der Waals surface area contributed by atoms with Crippen LogP contribution in [0.3, 0.4) is 0 Å². The summed E-state index contributed by atoms with van der Waals surface area (Å²) < 4.78 is 12.3. The first-order valence-electron chi connectivity index (χ1n) is 11.2. The summed E-state index contributed by atoms with van der Waals surface area (Å²) in [7, 11) is 0. The first kappa shape index (κ1) is 23.4. The molecule has 37 heavy (non-hydrogen) atoms. The number of rotatable bonds is 3. The molecule has 180 valence electrons. The molecule has 6 rings (SSSR count). The van der Waals surface area contributed by atoms with Gasteiger partial charge in [0.05, 0.1) is 10.9 Å². The number of carbonyl (C=O) groups is 1. The number of thiophene rings is 1. The van der Waals surface area contributed by atoms with E-state index in [1.165, 1.54) is 11.3 Å². The fourth-order valence-electron chi connectivity index (χ4n) is 4.64. The molecule has 0 aliphatic carbocycles. The summed E-state index contributed by atoms with van der Waals surface area (Å²) in [4.78, 5) is 13.3. The molecule has 0 bridgehead atoms. The van der Waals surface area contributed by atoms with E-state index in [1.54, 1.807) is 36.4 Å². The summed E-state index contributed by atoms with van der Waals surface area (Å²) >= 11 is 13.7. The van der Waals surface area contributed by atoms with Crippen molar-refractivity contribution in [2.45, 2.75) is 5.92 Å². The Kier molecular flexibility index (Phi) is 5.77. The van der Waals surface area contributed by atoms with Crippen molar-refractivity contribution in [3.05, 3.63) is 116 Å². The molecule has 1 unspecified atom stereocenters. The van der Waals surface area contributed by atoms with Crippen LogP contribution in [-0.4, -0.2) is 5.97 Å². The predicted molar refractivity (Wildman–Crippen MR) is 146 cm³/mol. The predicted octanol–water partition coefficient (Wildman–Crippen LogP) is 7.80. The minimum atomic E-state index is -0.593. The number of hydrogen-bond acceptors (Lipinski definition) is 6. The third kappa shape index (κ3) is 3.98. The molecule has 0 amide bonds. The van der Waals surface area contributed by atoms with Crippen molar-refractivity contribution in [2.75, 3.05) is 0 Å². The number of halogens is 2. The third-order valence-corrected chi connectivity index (χ3v) is 8.18. The number of nitrogens with zero attached hydrogens (tertiary/aromatic N) is 1. The zero-order chi connectivity index (χ0) is 25.7. The van der Waals surface area contributed by atoms with Gasteiger partial charge in [-0.1, -0.05) is 77.8 Å². The normalized spacial score (nSPS) is 14.8. The fourth-order valence-corrected chi connectivity index (χ4v) is 6.31. The summed E-state index contributed by atoms with van der Waals surface area (Å²) in [6.07, 6.45) is 0. The second kappa shape index (κ2) is 9.13. The highest BCUT2D eigenvalue weighted by Crippen LogP contribution is 2.45. The van der Waals surface area contributed by atoms with Crippen molar-refractivity contribution in [1.82, 2.24) is 0 Å². The summed E-state index contributed by atoms with van der Waals surface area (Å²) in [6.45, 7) is 0. The molecule has 0 saturated heterocycles. The molecule has 4 aromatic carbocycles. The van der Waals surface area contributed by atoms with Gasteiger partial charge >= 0.3 is 5.97 Å². The molecule has 1 aromatic heterocycles. The van der Waals surface area contributed by atoms with Gasteiger partial charge in [0.2, 0.25) is 5.88 Å². The molecular formula is C29H16Cl2N2O3S. The minimum Gasteiger partial charge on any atom is -0.440 e. The molecule has 2 heterocycles. The Morgan fingerprint density at radius 3 is 2.62 bits per heavy atom. The number of esters is 1. The lowest BCUT2D eigenvalue weighted by molar-refractivity contribution is 0.0740. The Bertz CT molecular complexity index is 1810. The Hall–Kier alpha value is -4.02. The summed E-state index contributed by atoms with van der Waals surface area (Å²) in [5.74, 6) is -0.341. The van der Waals surface area contributed by atoms with Crippen LogP contribution in [0.15, 0.2) is 90.3 Å². The van der Waals surface area contributed by atoms with Gasteiger partial charge in [0.1, 0.15) is 28.0 Å². The van der Waals surface area contributed by atoms with Gasteiger partial charge in [-0.3, -0.25) is 0 Å². The third-order valence-electron chi connectivity index (χ3n) is 6.31. The molecule has 5 nitrogen and oxygen atoms in total. The van der Waals surface area contributed by atoms with E-state index in [-0.39, 0.29) is 16.5 Å². The number of nitriles is 1. The van der Waals surface area contributed by atoms with E-state index in [9.17, 15) is 10.1 Å². The van der Waals surface area contributed by atoms with Gasteiger partial charge in [0.15, 0.2) is 0 Å². The first-order chi connectivity index (χ1) is 17.9. The average Bonchev–Trinajstić information content (AvgIpc) is 3.23. The largest absolute Gasteiger partial charge is 0.440 e.